The van der Waals surface area contributed by atoms with E-state index >= 15 is 0 Å². The molecule has 1 N–H and O–H groups in total. The maximum Gasteiger partial charge on any atom is 0.326 e. The van der Waals surface area contributed by atoms with Gasteiger partial charge in [0.2, 0.25) is 5.91 Å². The molecule has 1 saturated heterocycles. The van der Waals surface area contributed by atoms with Gasteiger partial charge in [-0.25, -0.2) is 4.79 Å². The van der Waals surface area contributed by atoms with Crippen LogP contribution in [0, 0.1) is 0 Å². The van der Waals surface area contributed by atoms with E-state index in [1.165, 1.54) is 4.90 Å². The molecule has 1 aromatic carbocycles. The number of rotatable bonds is 2. The molecule has 0 aliphatic carbocycles. The summed E-state index contributed by atoms with van der Waals surface area (Å²) in [6.45, 7) is 0. The van der Waals surface area contributed by atoms with Gasteiger partial charge in [-0.2, -0.15) is 0 Å². The SMILES string of the molecule is O=C(O)[C@H]1CCC(=O)N1c1ccc2ncccc2c1. The molecule has 5 heteroatoms. The second kappa shape index (κ2) is 4.35. The molecule has 0 unspecified atom stereocenters. The summed E-state index contributed by atoms with van der Waals surface area (Å²) in [5.74, 6) is -1.10. The Labute approximate surface area is 109 Å². The van der Waals surface area contributed by atoms with Gasteiger partial charge in [0.1, 0.15) is 6.04 Å². The lowest BCUT2D eigenvalue weighted by atomic mass is 10.1. The lowest BCUT2D eigenvalue weighted by Crippen LogP contribution is -2.38. The Hall–Kier alpha value is -2.43. The number of pyridine rings is 1. The first-order valence-electron chi connectivity index (χ1n) is 6.06. The number of hydrogen-bond acceptors (Lipinski definition) is 3. The van der Waals surface area contributed by atoms with Crippen LogP contribution in [-0.4, -0.2) is 28.0 Å². The topological polar surface area (TPSA) is 70.5 Å². The first-order chi connectivity index (χ1) is 9.16. The number of hydrogen-bond donors (Lipinski definition) is 1. The molecule has 0 bridgehead atoms. The van der Waals surface area contributed by atoms with Crippen LogP contribution in [0.4, 0.5) is 5.69 Å². The zero-order valence-electron chi connectivity index (χ0n) is 10.1. The van der Waals surface area contributed by atoms with Crippen molar-refractivity contribution < 1.29 is 14.7 Å². The normalized spacial score (nSPS) is 19.1. The van der Waals surface area contributed by atoms with E-state index in [0.29, 0.717) is 12.1 Å². The highest BCUT2D eigenvalue weighted by Gasteiger charge is 2.37. The summed E-state index contributed by atoms with van der Waals surface area (Å²) in [6.07, 6.45) is 2.34. The number of aliphatic carboxylic acids is 1. The molecule has 1 aromatic heterocycles. The number of aromatic nitrogens is 1. The van der Waals surface area contributed by atoms with Crippen LogP contribution in [0.2, 0.25) is 0 Å². The number of carboxylic acids is 1. The second-order valence-electron chi connectivity index (χ2n) is 4.54. The number of carboxylic acid groups (broad SMARTS) is 1. The van der Waals surface area contributed by atoms with Crippen LogP contribution in [0.1, 0.15) is 12.8 Å². The minimum absolute atomic E-state index is 0.143. The molecule has 1 fully saturated rings. The summed E-state index contributed by atoms with van der Waals surface area (Å²) < 4.78 is 0. The Bertz CT molecular complexity index is 669. The third-order valence-electron chi connectivity index (χ3n) is 3.36. The Morgan fingerprint density at radius 2 is 2.21 bits per heavy atom. The molecule has 2 heterocycles. The molecule has 5 nitrogen and oxygen atoms in total. The summed E-state index contributed by atoms with van der Waals surface area (Å²) in [5.41, 5.74) is 1.44. The molecule has 1 aliphatic heterocycles. The molecule has 0 spiro atoms. The van der Waals surface area contributed by atoms with Gasteiger partial charge in [-0.15, -0.1) is 0 Å². The van der Waals surface area contributed by atoms with E-state index in [1.54, 1.807) is 18.3 Å². The quantitative estimate of drug-likeness (QED) is 0.889. The summed E-state index contributed by atoms with van der Waals surface area (Å²) >= 11 is 0. The Morgan fingerprint density at radius 3 is 3.00 bits per heavy atom. The first kappa shape index (κ1) is 11.6. The van der Waals surface area contributed by atoms with Crippen LogP contribution < -0.4 is 4.90 Å². The number of carbonyl (C=O) groups is 2. The van der Waals surface area contributed by atoms with Gasteiger partial charge in [0.05, 0.1) is 5.52 Å². The molecule has 96 valence electrons. The monoisotopic (exact) mass is 256 g/mol. The predicted octanol–water partition coefficient (Wildman–Crippen LogP) is 1.81. The fraction of sp³-hybridized carbons (Fsp3) is 0.214. The van der Waals surface area contributed by atoms with E-state index in [9.17, 15) is 9.59 Å². The minimum atomic E-state index is -0.961. The molecular weight excluding hydrogens is 244 g/mol. The van der Waals surface area contributed by atoms with Crippen molar-refractivity contribution in [3.05, 3.63) is 36.5 Å². The van der Waals surface area contributed by atoms with Gasteiger partial charge in [0.15, 0.2) is 0 Å². The van der Waals surface area contributed by atoms with Crippen molar-refractivity contribution in [1.29, 1.82) is 0 Å². The second-order valence-corrected chi connectivity index (χ2v) is 4.54. The summed E-state index contributed by atoms with van der Waals surface area (Å²) in [7, 11) is 0. The predicted molar refractivity (Wildman–Crippen MR) is 69.9 cm³/mol. The molecule has 19 heavy (non-hydrogen) atoms. The van der Waals surface area contributed by atoms with Crippen molar-refractivity contribution in [3.8, 4) is 0 Å². The number of anilines is 1. The smallest absolute Gasteiger partial charge is 0.326 e. The number of fused-ring (bicyclic) bond motifs is 1. The fourth-order valence-corrected chi connectivity index (χ4v) is 2.45. The van der Waals surface area contributed by atoms with E-state index in [4.69, 9.17) is 5.11 Å². The van der Waals surface area contributed by atoms with E-state index in [1.807, 2.05) is 18.2 Å². The van der Waals surface area contributed by atoms with Crippen molar-refractivity contribution >= 4 is 28.5 Å². The number of carbonyl (C=O) groups excluding carboxylic acids is 1. The maximum atomic E-state index is 11.9. The Balaban J connectivity index is 2.07. The molecule has 1 aliphatic rings. The minimum Gasteiger partial charge on any atom is -0.480 e. The van der Waals surface area contributed by atoms with Crippen molar-refractivity contribution in [1.82, 2.24) is 4.98 Å². The highest BCUT2D eigenvalue weighted by Crippen LogP contribution is 2.29. The van der Waals surface area contributed by atoms with Gasteiger partial charge in [-0.3, -0.25) is 14.7 Å². The maximum absolute atomic E-state index is 11.9. The lowest BCUT2D eigenvalue weighted by Gasteiger charge is -2.21. The molecule has 1 amide bonds. The molecule has 0 radical (unpaired) electrons. The van der Waals surface area contributed by atoms with Crippen LogP contribution in [0.15, 0.2) is 36.5 Å². The average molecular weight is 256 g/mol. The van der Waals surface area contributed by atoms with Crippen molar-refractivity contribution in [2.45, 2.75) is 18.9 Å². The van der Waals surface area contributed by atoms with Gasteiger partial charge in [0, 0.05) is 23.7 Å². The molecule has 2 aromatic rings. The molecule has 0 saturated carbocycles. The summed E-state index contributed by atoms with van der Waals surface area (Å²) in [5, 5.41) is 10.1. The van der Waals surface area contributed by atoms with E-state index in [2.05, 4.69) is 4.98 Å². The van der Waals surface area contributed by atoms with Crippen LogP contribution >= 0.6 is 0 Å². The largest absolute Gasteiger partial charge is 0.480 e. The zero-order chi connectivity index (χ0) is 13.4. The number of nitrogens with zero attached hydrogens (tertiary/aromatic N) is 2. The summed E-state index contributed by atoms with van der Waals surface area (Å²) in [4.78, 5) is 28.6. The van der Waals surface area contributed by atoms with Gasteiger partial charge in [-0.05, 0) is 30.7 Å². The standard InChI is InChI=1S/C14H12N2O3/c17-13-6-5-12(14(18)19)16(13)10-3-4-11-9(8-10)2-1-7-15-11/h1-4,7-8,12H,5-6H2,(H,18,19)/t12-/m1/s1. The first-order valence-corrected chi connectivity index (χ1v) is 6.06. The van der Waals surface area contributed by atoms with Gasteiger partial charge in [-0.1, -0.05) is 6.07 Å². The van der Waals surface area contributed by atoms with E-state index in [-0.39, 0.29) is 12.3 Å². The van der Waals surface area contributed by atoms with Crippen LogP contribution in [0.3, 0.4) is 0 Å². The Morgan fingerprint density at radius 1 is 1.37 bits per heavy atom. The van der Waals surface area contributed by atoms with Crippen LogP contribution in [-0.2, 0) is 9.59 Å². The van der Waals surface area contributed by atoms with Crippen LogP contribution in [0.5, 0.6) is 0 Å². The number of benzene rings is 1. The highest BCUT2D eigenvalue weighted by molar-refractivity contribution is 6.03. The third kappa shape index (κ3) is 1.93. The third-order valence-corrected chi connectivity index (χ3v) is 3.36. The zero-order valence-corrected chi connectivity index (χ0v) is 10.1. The molecule has 3 rings (SSSR count). The van der Waals surface area contributed by atoms with Crippen LogP contribution in [0.25, 0.3) is 10.9 Å². The van der Waals surface area contributed by atoms with Crippen molar-refractivity contribution in [3.63, 3.8) is 0 Å². The number of amides is 1. The van der Waals surface area contributed by atoms with E-state index in [0.717, 1.165) is 10.9 Å². The average Bonchev–Trinajstić information content (AvgIpc) is 2.80. The molecule has 1 atom stereocenters. The van der Waals surface area contributed by atoms with E-state index < -0.39 is 12.0 Å². The van der Waals surface area contributed by atoms with Gasteiger partial charge in [0.25, 0.3) is 0 Å². The molecular formula is C14H12N2O3. The van der Waals surface area contributed by atoms with Crippen molar-refractivity contribution in [2.75, 3.05) is 4.90 Å². The van der Waals surface area contributed by atoms with Gasteiger partial charge < -0.3 is 5.11 Å². The summed E-state index contributed by atoms with van der Waals surface area (Å²) in [6, 6.07) is 8.29. The van der Waals surface area contributed by atoms with Crippen molar-refractivity contribution in [2.24, 2.45) is 0 Å². The fourth-order valence-electron chi connectivity index (χ4n) is 2.45. The van der Waals surface area contributed by atoms with Gasteiger partial charge >= 0.3 is 5.97 Å². The highest BCUT2D eigenvalue weighted by atomic mass is 16.4. The lowest BCUT2D eigenvalue weighted by molar-refractivity contribution is -0.138. The Kier molecular flexibility index (Phi) is 2.67.